The van der Waals surface area contributed by atoms with Crippen molar-refractivity contribution in [2.24, 2.45) is 0 Å². The van der Waals surface area contributed by atoms with Gasteiger partial charge in [0.15, 0.2) is 0 Å². The van der Waals surface area contributed by atoms with E-state index in [4.69, 9.17) is 4.74 Å². The fourth-order valence-electron chi connectivity index (χ4n) is 3.85. The van der Waals surface area contributed by atoms with Crippen LogP contribution in [0.5, 0.6) is 5.75 Å². The van der Waals surface area contributed by atoms with E-state index in [1.54, 1.807) is 0 Å². The number of hydrogen-bond donors (Lipinski definition) is 1. The number of carbonyl (C=O) groups excluding carboxylic acids is 1. The molecule has 120 valence electrons. The van der Waals surface area contributed by atoms with Gasteiger partial charge >= 0.3 is 6.09 Å². The van der Waals surface area contributed by atoms with Gasteiger partial charge in [0.25, 0.3) is 0 Å². The van der Waals surface area contributed by atoms with Crippen LogP contribution >= 0.6 is 0 Å². The first kappa shape index (κ1) is 15.3. The first-order valence-corrected chi connectivity index (χ1v) is 8.55. The van der Waals surface area contributed by atoms with Crippen LogP contribution in [0.1, 0.15) is 50.2 Å². The first-order valence-electron chi connectivity index (χ1n) is 8.55. The normalized spacial score (nSPS) is 23.2. The van der Waals surface area contributed by atoms with Crippen molar-refractivity contribution in [2.75, 3.05) is 19.6 Å². The van der Waals surface area contributed by atoms with Crippen molar-refractivity contribution >= 4 is 6.09 Å². The lowest BCUT2D eigenvalue weighted by atomic mass is 9.98. The highest BCUT2D eigenvalue weighted by molar-refractivity contribution is 5.70. The quantitative estimate of drug-likeness (QED) is 0.849. The molecule has 1 aromatic carbocycles. The van der Waals surface area contributed by atoms with Crippen molar-refractivity contribution in [3.05, 3.63) is 29.3 Å². The molecular weight excluding hydrogens is 276 g/mol. The molecule has 0 saturated carbocycles. The van der Waals surface area contributed by atoms with Gasteiger partial charge < -0.3 is 10.1 Å². The van der Waals surface area contributed by atoms with Gasteiger partial charge in [-0.3, -0.25) is 4.90 Å². The van der Waals surface area contributed by atoms with Crippen molar-refractivity contribution < 1.29 is 9.53 Å². The van der Waals surface area contributed by atoms with Gasteiger partial charge in [0.2, 0.25) is 0 Å². The second kappa shape index (κ2) is 6.69. The molecule has 1 fully saturated rings. The summed E-state index contributed by atoms with van der Waals surface area (Å²) in [6.45, 7) is 7.33. The molecule has 0 radical (unpaired) electrons. The first-order chi connectivity index (χ1) is 10.7. The maximum Gasteiger partial charge on any atom is 0.412 e. The number of fused-ring (bicyclic) bond motifs is 3. The molecule has 1 heterocycles. The van der Waals surface area contributed by atoms with Crippen molar-refractivity contribution in [2.45, 2.75) is 51.5 Å². The van der Waals surface area contributed by atoms with E-state index < -0.39 is 0 Å². The van der Waals surface area contributed by atoms with Crippen molar-refractivity contribution in [1.82, 2.24) is 10.2 Å². The standard InChI is InChI=1S/C18H26N2O2/c1-3-5-9-19-18(21)22-14-7-6-13-11-17-15(16(13)12-14)8-10-20(17)4-2/h6-7,12,15,17H,3-5,8-11H2,1-2H3,(H,19,21)/t15-,17+/m1/s1. The Bertz CT molecular complexity index is 544. The highest BCUT2D eigenvalue weighted by Crippen LogP contribution is 2.44. The van der Waals surface area contributed by atoms with E-state index >= 15 is 0 Å². The highest BCUT2D eigenvalue weighted by Gasteiger charge is 2.40. The van der Waals surface area contributed by atoms with Crippen LogP contribution in [0.3, 0.4) is 0 Å². The fourth-order valence-corrected chi connectivity index (χ4v) is 3.85. The Morgan fingerprint density at radius 1 is 1.41 bits per heavy atom. The Labute approximate surface area is 132 Å². The number of ether oxygens (including phenoxy) is 1. The molecule has 1 aliphatic carbocycles. The molecule has 0 bridgehead atoms. The predicted molar refractivity (Wildman–Crippen MR) is 87.5 cm³/mol. The summed E-state index contributed by atoms with van der Waals surface area (Å²) >= 11 is 0. The molecule has 3 rings (SSSR count). The molecule has 1 aliphatic heterocycles. The van der Waals surface area contributed by atoms with Crippen molar-refractivity contribution in [1.29, 1.82) is 0 Å². The molecular formula is C18H26N2O2. The van der Waals surface area contributed by atoms with E-state index in [2.05, 4.69) is 36.2 Å². The van der Waals surface area contributed by atoms with E-state index in [-0.39, 0.29) is 6.09 Å². The van der Waals surface area contributed by atoms with Crippen LogP contribution in [0.2, 0.25) is 0 Å². The Morgan fingerprint density at radius 2 is 2.27 bits per heavy atom. The molecule has 1 amide bonds. The lowest BCUT2D eigenvalue weighted by Gasteiger charge is -2.21. The molecule has 0 unspecified atom stereocenters. The molecule has 2 aliphatic rings. The highest BCUT2D eigenvalue weighted by atomic mass is 16.6. The third kappa shape index (κ3) is 2.98. The Hall–Kier alpha value is -1.55. The number of nitrogens with one attached hydrogen (secondary N) is 1. The molecule has 4 nitrogen and oxygen atoms in total. The average Bonchev–Trinajstić information content (AvgIpc) is 3.06. The largest absolute Gasteiger partial charge is 0.412 e. The third-order valence-corrected chi connectivity index (χ3v) is 5.02. The van der Waals surface area contributed by atoms with Gasteiger partial charge in [-0.05, 0) is 55.6 Å². The molecule has 2 atom stereocenters. The van der Waals surface area contributed by atoms with Crippen LogP contribution in [-0.4, -0.2) is 36.7 Å². The number of hydrogen-bond acceptors (Lipinski definition) is 3. The van der Waals surface area contributed by atoms with Gasteiger partial charge in [-0.2, -0.15) is 0 Å². The smallest absolute Gasteiger partial charge is 0.410 e. The molecule has 0 aromatic heterocycles. The van der Waals surface area contributed by atoms with Crippen LogP contribution in [0.25, 0.3) is 0 Å². The Kier molecular flexibility index (Phi) is 4.67. The van der Waals surface area contributed by atoms with Crippen LogP contribution in [0.4, 0.5) is 4.79 Å². The van der Waals surface area contributed by atoms with Gasteiger partial charge in [0.05, 0.1) is 0 Å². The van der Waals surface area contributed by atoms with E-state index in [1.807, 2.05) is 6.07 Å². The summed E-state index contributed by atoms with van der Waals surface area (Å²) in [4.78, 5) is 14.3. The van der Waals surface area contributed by atoms with E-state index in [1.165, 1.54) is 24.1 Å². The fraction of sp³-hybridized carbons (Fsp3) is 0.611. The van der Waals surface area contributed by atoms with Gasteiger partial charge in [-0.1, -0.05) is 26.3 Å². The number of benzene rings is 1. The minimum Gasteiger partial charge on any atom is -0.410 e. The zero-order valence-corrected chi connectivity index (χ0v) is 13.6. The van der Waals surface area contributed by atoms with Crippen LogP contribution in [0.15, 0.2) is 18.2 Å². The molecule has 1 N–H and O–H groups in total. The van der Waals surface area contributed by atoms with Crippen LogP contribution < -0.4 is 10.1 Å². The summed E-state index contributed by atoms with van der Waals surface area (Å²) < 4.78 is 5.42. The predicted octanol–water partition coefficient (Wildman–Crippen LogP) is 3.31. The summed E-state index contributed by atoms with van der Waals surface area (Å²) in [5, 5.41) is 2.79. The minimum atomic E-state index is -0.343. The molecule has 22 heavy (non-hydrogen) atoms. The maximum atomic E-state index is 11.8. The Morgan fingerprint density at radius 3 is 3.05 bits per heavy atom. The van der Waals surface area contributed by atoms with Crippen molar-refractivity contribution in [3.63, 3.8) is 0 Å². The second-order valence-corrected chi connectivity index (χ2v) is 6.33. The SMILES string of the molecule is CCCCNC(=O)Oc1ccc2c(c1)[C@H]1CCN(CC)[C@H]1C2. The Balaban J connectivity index is 1.66. The number of unbranched alkanes of at least 4 members (excludes halogenated alkanes) is 1. The topological polar surface area (TPSA) is 41.6 Å². The summed E-state index contributed by atoms with van der Waals surface area (Å²) in [7, 11) is 0. The second-order valence-electron chi connectivity index (χ2n) is 6.33. The molecule has 0 spiro atoms. The van der Waals surface area contributed by atoms with E-state index in [0.717, 1.165) is 25.8 Å². The van der Waals surface area contributed by atoms with Crippen molar-refractivity contribution in [3.8, 4) is 5.75 Å². The number of likely N-dealkylation sites (tertiary alicyclic amines) is 1. The van der Waals surface area contributed by atoms with Gasteiger partial charge in [-0.15, -0.1) is 0 Å². The van der Waals surface area contributed by atoms with Crippen LogP contribution in [0, 0.1) is 0 Å². The zero-order valence-electron chi connectivity index (χ0n) is 13.6. The molecule has 1 saturated heterocycles. The van der Waals surface area contributed by atoms with E-state index in [9.17, 15) is 4.79 Å². The summed E-state index contributed by atoms with van der Waals surface area (Å²) in [6.07, 6.45) is 4.06. The lowest BCUT2D eigenvalue weighted by Crippen LogP contribution is -2.30. The zero-order chi connectivity index (χ0) is 15.5. The number of rotatable bonds is 5. The number of nitrogens with zero attached hydrogens (tertiary/aromatic N) is 1. The third-order valence-electron chi connectivity index (χ3n) is 5.02. The van der Waals surface area contributed by atoms with E-state index in [0.29, 0.717) is 24.3 Å². The van der Waals surface area contributed by atoms with Gasteiger partial charge in [-0.25, -0.2) is 4.79 Å². The number of likely N-dealkylation sites (N-methyl/N-ethyl adjacent to an activating group) is 1. The van der Waals surface area contributed by atoms with Gasteiger partial charge in [0.1, 0.15) is 5.75 Å². The number of carbonyl (C=O) groups is 1. The maximum absolute atomic E-state index is 11.8. The molecule has 4 heteroatoms. The average molecular weight is 302 g/mol. The summed E-state index contributed by atoms with van der Waals surface area (Å²) in [5.74, 6) is 1.28. The minimum absolute atomic E-state index is 0.343. The summed E-state index contributed by atoms with van der Waals surface area (Å²) in [5.41, 5.74) is 2.81. The monoisotopic (exact) mass is 302 g/mol. The summed E-state index contributed by atoms with van der Waals surface area (Å²) in [6, 6.07) is 6.79. The lowest BCUT2D eigenvalue weighted by molar-refractivity contribution is 0.200. The molecule has 1 aromatic rings. The van der Waals surface area contributed by atoms with Crippen LogP contribution in [-0.2, 0) is 6.42 Å². The number of amides is 1. The van der Waals surface area contributed by atoms with Gasteiger partial charge in [0, 0.05) is 18.5 Å².